The van der Waals surface area contributed by atoms with Crippen molar-refractivity contribution < 1.29 is 9.59 Å². The maximum absolute atomic E-state index is 12.1. The predicted molar refractivity (Wildman–Crippen MR) is 110 cm³/mol. The number of halogens is 1. The van der Waals surface area contributed by atoms with Gasteiger partial charge in [-0.3, -0.25) is 9.59 Å². The molecule has 2 amide bonds. The highest BCUT2D eigenvalue weighted by molar-refractivity contribution is 6.33. The molecule has 0 spiro atoms. The van der Waals surface area contributed by atoms with Gasteiger partial charge in [-0.25, -0.2) is 0 Å². The highest BCUT2D eigenvalue weighted by atomic mass is 35.5. The number of carbonyl (C=O) groups excluding carboxylic acids is 2. The SMILES string of the molecule is O=C(CNC(=O)c1ccccc1Cl)Nc1ccc(N2CCCCCC2)cc1. The lowest BCUT2D eigenvalue weighted by Crippen LogP contribution is -2.33. The Balaban J connectivity index is 1.50. The summed E-state index contributed by atoms with van der Waals surface area (Å²) < 4.78 is 0. The molecule has 2 aromatic carbocycles. The molecule has 1 saturated heterocycles. The van der Waals surface area contributed by atoms with Crippen LogP contribution in [0.4, 0.5) is 11.4 Å². The first-order valence-electron chi connectivity index (χ1n) is 9.31. The number of anilines is 2. The maximum atomic E-state index is 12.1. The van der Waals surface area contributed by atoms with E-state index in [4.69, 9.17) is 11.6 Å². The Bertz CT molecular complexity index is 784. The molecule has 1 heterocycles. The fourth-order valence-corrected chi connectivity index (χ4v) is 3.41. The van der Waals surface area contributed by atoms with Gasteiger partial charge in [0.25, 0.3) is 5.91 Å². The van der Waals surface area contributed by atoms with Crippen molar-refractivity contribution in [3.05, 3.63) is 59.1 Å². The number of nitrogens with one attached hydrogen (secondary N) is 2. The van der Waals surface area contributed by atoms with Gasteiger partial charge in [-0.05, 0) is 49.2 Å². The zero-order valence-corrected chi connectivity index (χ0v) is 16.0. The number of carbonyl (C=O) groups is 2. The molecule has 0 saturated carbocycles. The Hall–Kier alpha value is -2.53. The topological polar surface area (TPSA) is 61.4 Å². The lowest BCUT2D eigenvalue weighted by molar-refractivity contribution is -0.115. The van der Waals surface area contributed by atoms with Crippen LogP contribution < -0.4 is 15.5 Å². The molecule has 0 aliphatic carbocycles. The summed E-state index contributed by atoms with van der Waals surface area (Å²) in [5.74, 6) is -0.648. The largest absolute Gasteiger partial charge is 0.372 e. The second kappa shape index (κ2) is 9.42. The Labute approximate surface area is 164 Å². The summed E-state index contributed by atoms with van der Waals surface area (Å²) in [6, 6.07) is 14.6. The first-order valence-corrected chi connectivity index (χ1v) is 9.69. The van der Waals surface area contributed by atoms with Crippen LogP contribution in [0.25, 0.3) is 0 Å². The van der Waals surface area contributed by atoms with Crippen LogP contribution in [0.1, 0.15) is 36.0 Å². The number of hydrogen-bond acceptors (Lipinski definition) is 3. The number of rotatable bonds is 5. The Morgan fingerprint density at radius 1 is 0.926 bits per heavy atom. The van der Waals surface area contributed by atoms with Crippen molar-refractivity contribution in [3.8, 4) is 0 Å². The monoisotopic (exact) mass is 385 g/mol. The van der Waals surface area contributed by atoms with Crippen molar-refractivity contribution >= 4 is 34.8 Å². The number of hydrogen-bond donors (Lipinski definition) is 2. The van der Waals surface area contributed by atoms with Crippen molar-refractivity contribution in [1.82, 2.24) is 5.32 Å². The molecular weight excluding hydrogens is 362 g/mol. The quantitative estimate of drug-likeness (QED) is 0.814. The van der Waals surface area contributed by atoms with Crippen LogP contribution in [0.3, 0.4) is 0 Å². The van der Waals surface area contributed by atoms with Gasteiger partial charge < -0.3 is 15.5 Å². The van der Waals surface area contributed by atoms with E-state index >= 15 is 0 Å². The lowest BCUT2D eigenvalue weighted by atomic mass is 10.2. The smallest absolute Gasteiger partial charge is 0.253 e. The Morgan fingerprint density at radius 3 is 2.26 bits per heavy atom. The van der Waals surface area contributed by atoms with Crippen LogP contribution in [0.2, 0.25) is 5.02 Å². The van der Waals surface area contributed by atoms with Crippen LogP contribution in [0, 0.1) is 0 Å². The Morgan fingerprint density at radius 2 is 1.59 bits per heavy atom. The van der Waals surface area contributed by atoms with Crippen molar-refractivity contribution in [3.63, 3.8) is 0 Å². The second-order valence-corrected chi connectivity index (χ2v) is 7.07. The fraction of sp³-hybridized carbons (Fsp3) is 0.333. The molecule has 0 aromatic heterocycles. The van der Waals surface area contributed by atoms with Crippen molar-refractivity contribution in [2.75, 3.05) is 29.9 Å². The summed E-state index contributed by atoms with van der Waals surface area (Å²) in [5.41, 5.74) is 2.25. The summed E-state index contributed by atoms with van der Waals surface area (Å²) in [7, 11) is 0. The molecule has 1 aliphatic rings. The maximum Gasteiger partial charge on any atom is 0.253 e. The summed E-state index contributed by atoms with van der Waals surface area (Å²) in [4.78, 5) is 26.6. The van der Waals surface area contributed by atoms with E-state index in [1.54, 1.807) is 24.3 Å². The molecule has 2 N–H and O–H groups in total. The molecule has 0 atom stereocenters. The second-order valence-electron chi connectivity index (χ2n) is 6.66. The minimum atomic E-state index is -0.368. The summed E-state index contributed by atoms with van der Waals surface area (Å²) >= 11 is 5.99. The average molecular weight is 386 g/mol. The molecule has 6 heteroatoms. The van der Waals surface area contributed by atoms with Gasteiger partial charge in [0.2, 0.25) is 5.91 Å². The van der Waals surface area contributed by atoms with Crippen molar-refractivity contribution in [2.45, 2.75) is 25.7 Å². The van der Waals surface area contributed by atoms with Gasteiger partial charge in [0.15, 0.2) is 0 Å². The standard InChI is InChI=1S/C21H24ClN3O2/c22-19-8-4-3-7-18(19)21(27)23-15-20(26)24-16-9-11-17(12-10-16)25-13-5-1-2-6-14-25/h3-4,7-12H,1-2,5-6,13-15H2,(H,23,27)(H,24,26). The third-order valence-electron chi connectivity index (χ3n) is 4.65. The van der Waals surface area contributed by atoms with Gasteiger partial charge in [0, 0.05) is 24.5 Å². The lowest BCUT2D eigenvalue weighted by Gasteiger charge is -2.22. The van der Waals surface area contributed by atoms with E-state index < -0.39 is 0 Å². The molecule has 5 nitrogen and oxygen atoms in total. The van der Waals surface area contributed by atoms with E-state index in [-0.39, 0.29) is 18.4 Å². The molecule has 1 fully saturated rings. The first kappa shape index (κ1) is 19.2. The normalized spacial score (nSPS) is 14.3. The minimum absolute atomic E-state index is 0.113. The molecule has 0 radical (unpaired) electrons. The number of benzene rings is 2. The van der Waals surface area contributed by atoms with Gasteiger partial charge in [-0.1, -0.05) is 36.6 Å². The molecule has 142 valence electrons. The van der Waals surface area contributed by atoms with E-state index in [1.807, 2.05) is 24.3 Å². The third-order valence-corrected chi connectivity index (χ3v) is 4.98. The molecule has 27 heavy (non-hydrogen) atoms. The predicted octanol–water partition coefficient (Wildman–Crippen LogP) is 4.09. The molecule has 3 rings (SSSR count). The van der Waals surface area contributed by atoms with Crippen molar-refractivity contribution in [1.29, 1.82) is 0 Å². The highest BCUT2D eigenvalue weighted by Crippen LogP contribution is 2.21. The van der Waals surface area contributed by atoms with Crippen LogP contribution >= 0.6 is 11.6 Å². The van der Waals surface area contributed by atoms with E-state index in [1.165, 1.54) is 31.4 Å². The van der Waals surface area contributed by atoms with E-state index in [2.05, 4.69) is 15.5 Å². The van der Waals surface area contributed by atoms with Gasteiger partial charge in [0.1, 0.15) is 0 Å². The summed E-state index contributed by atoms with van der Waals surface area (Å²) in [6.45, 7) is 2.05. The molecule has 1 aliphatic heterocycles. The minimum Gasteiger partial charge on any atom is -0.372 e. The van der Waals surface area contributed by atoms with Gasteiger partial charge in [-0.15, -0.1) is 0 Å². The molecule has 0 unspecified atom stereocenters. The van der Waals surface area contributed by atoms with Crippen molar-refractivity contribution in [2.24, 2.45) is 0 Å². The van der Waals surface area contributed by atoms with Crippen LogP contribution in [0.15, 0.2) is 48.5 Å². The average Bonchev–Trinajstić information content (AvgIpc) is 2.97. The zero-order chi connectivity index (χ0) is 19.1. The number of amides is 2. The first-order chi connectivity index (χ1) is 13.1. The van der Waals surface area contributed by atoms with Crippen LogP contribution in [-0.2, 0) is 4.79 Å². The molecular formula is C21H24ClN3O2. The van der Waals surface area contributed by atoms with Crippen LogP contribution in [-0.4, -0.2) is 31.4 Å². The van der Waals surface area contributed by atoms with Crippen LogP contribution in [0.5, 0.6) is 0 Å². The van der Waals surface area contributed by atoms with E-state index in [0.717, 1.165) is 13.1 Å². The third kappa shape index (κ3) is 5.47. The summed E-state index contributed by atoms with van der Waals surface area (Å²) in [5, 5.41) is 5.75. The fourth-order valence-electron chi connectivity index (χ4n) is 3.19. The number of nitrogens with zero attached hydrogens (tertiary/aromatic N) is 1. The van der Waals surface area contributed by atoms with E-state index in [0.29, 0.717) is 16.3 Å². The summed E-state index contributed by atoms with van der Waals surface area (Å²) in [6.07, 6.45) is 5.04. The van der Waals surface area contributed by atoms with Gasteiger partial charge in [-0.2, -0.15) is 0 Å². The molecule has 0 bridgehead atoms. The molecule has 2 aromatic rings. The van der Waals surface area contributed by atoms with E-state index in [9.17, 15) is 9.59 Å². The zero-order valence-electron chi connectivity index (χ0n) is 15.2. The Kier molecular flexibility index (Phi) is 6.71. The van der Waals surface area contributed by atoms with Gasteiger partial charge in [0.05, 0.1) is 17.1 Å². The highest BCUT2D eigenvalue weighted by Gasteiger charge is 2.12. The van der Waals surface area contributed by atoms with Gasteiger partial charge >= 0.3 is 0 Å².